The standard InChI is InChI=1S/C28H26Cl2N4O3S2/c1-38-13-12-25(28(36)37)33-27(35)21-11-10-20(14-22(21)18-6-3-2-4-7-18)34(16-19-15-31-17-32-19)39-26-23(29)8-5-9-24(26)30/h2-11,14-15,17,25H,12-13,16H2,1H3,(H,31,32)(H,33,35)(H,36,37)/t25-/m0/s1. The lowest BCUT2D eigenvalue weighted by Gasteiger charge is -2.25. The van der Waals surface area contributed by atoms with Crippen LogP contribution in [0.2, 0.25) is 10.0 Å². The molecule has 0 aliphatic heterocycles. The van der Waals surface area contributed by atoms with Gasteiger partial charge in [0.05, 0.1) is 33.5 Å². The molecule has 202 valence electrons. The lowest BCUT2D eigenvalue weighted by atomic mass is 9.98. The Hall–Kier alpha value is -3.11. The van der Waals surface area contributed by atoms with E-state index in [0.717, 1.165) is 16.9 Å². The average Bonchev–Trinajstić information content (AvgIpc) is 3.45. The zero-order valence-corrected chi connectivity index (χ0v) is 24.1. The van der Waals surface area contributed by atoms with E-state index in [1.165, 1.54) is 23.7 Å². The third-order valence-corrected chi connectivity index (χ3v) is 8.50. The van der Waals surface area contributed by atoms with Crippen molar-refractivity contribution in [2.45, 2.75) is 23.9 Å². The van der Waals surface area contributed by atoms with Crippen molar-refractivity contribution in [1.29, 1.82) is 0 Å². The first-order valence-electron chi connectivity index (χ1n) is 12.0. The van der Waals surface area contributed by atoms with Gasteiger partial charge < -0.3 is 19.7 Å². The Kier molecular flexibility index (Phi) is 10.2. The van der Waals surface area contributed by atoms with Gasteiger partial charge in [0.1, 0.15) is 6.04 Å². The van der Waals surface area contributed by atoms with E-state index in [-0.39, 0.29) is 0 Å². The zero-order chi connectivity index (χ0) is 27.8. The van der Waals surface area contributed by atoms with Crippen LogP contribution in [-0.4, -0.2) is 45.0 Å². The SMILES string of the molecule is CSCC[C@H](NC(=O)c1ccc(N(Cc2cnc[nH]2)Sc2c(Cl)cccc2Cl)cc1-c1ccccc1)C(=O)O. The Bertz CT molecular complexity index is 1400. The van der Waals surface area contributed by atoms with Gasteiger partial charge in [-0.15, -0.1) is 0 Å². The third kappa shape index (κ3) is 7.51. The predicted molar refractivity (Wildman–Crippen MR) is 161 cm³/mol. The second kappa shape index (κ2) is 13.8. The summed E-state index contributed by atoms with van der Waals surface area (Å²) in [6.07, 6.45) is 5.58. The molecule has 0 saturated heterocycles. The number of carboxylic acids is 1. The number of carbonyl (C=O) groups excluding carboxylic acids is 1. The molecule has 0 fully saturated rings. The van der Waals surface area contributed by atoms with Crippen molar-refractivity contribution >= 4 is 64.5 Å². The first-order valence-corrected chi connectivity index (χ1v) is 14.9. The van der Waals surface area contributed by atoms with Crippen molar-refractivity contribution < 1.29 is 14.7 Å². The fourth-order valence-corrected chi connectivity index (χ4v) is 5.88. The van der Waals surface area contributed by atoms with Gasteiger partial charge in [-0.1, -0.05) is 59.6 Å². The summed E-state index contributed by atoms with van der Waals surface area (Å²) in [6, 6.07) is 19.3. The Morgan fingerprint density at radius 3 is 2.46 bits per heavy atom. The van der Waals surface area contributed by atoms with Crippen LogP contribution in [0, 0.1) is 0 Å². The number of aromatic nitrogens is 2. The zero-order valence-electron chi connectivity index (χ0n) is 20.9. The molecule has 0 unspecified atom stereocenters. The van der Waals surface area contributed by atoms with Crippen molar-refractivity contribution in [2.75, 3.05) is 16.3 Å². The number of nitrogens with zero attached hydrogens (tertiary/aromatic N) is 2. The number of aliphatic carboxylic acids is 1. The Labute approximate surface area is 245 Å². The number of anilines is 1. The number of rotatable bonds is 12. The van der Waals surface area contributed by atoms with E-state index in [9.17, 15) is 14.7 Å². The summed E-state index contributed by atoms with van der Waals surface area (Å²) in [5, 5.41) is 13.4. The number of halogens is 2. The van der Waals surface area contributed by atoms with Crippen molar-refractivity contribution in [3.8, 4) is 11.1 Å². The lowest BCUT2D eigenvalue weighted by molar-refractivity contribution is -0.139. The molecule has 11 heteroatoms. The van der Waals surface area contributed by atoms with E-state index in [1.54, 1.807) is 36.8 Å². The number of amides is 1. The van der Waals surface area contributed by atoms with Gasteiger partial charge in [0.2, 0.25) is 0 Å². The number of aromatic amines is 1. The number of imidazole rings is 1. The molecule has 7 nitrogen and oxygen atoms in total. The fourth-order valence-electron chi connectivity index (χ4n) is 3.85. The number of H-pyrrole nitrogens is 1. The molecule has 0 aliphatic carbocycles. The summed E-state index contributed by atoms with van der Waals surface area (Å²) < 4.78 is 2.01. The molecule has 4 aromatic rings. The number of benzene rings is 3. The van der Waals surface area contributed by atoms with Crippen LogP contribution in [0.4, 0.5) is 5.69 Å². The van der Waals surface area contributed by atoms with E-state index in [2.05, 4.69) is 15.3 Å². The molecule has 0 aliphatic rings. The molecule has 0 saturated carbocycles. The largest absolute Gasteiger partial charge is 0.480 e. The van der Waals surface area contributed by atoms with E-state index in [1.807, 2.05) is 53.0 Å². The van der Waals surface area contributed by atoms with Crippen LogP contribution in [0.3, 0.4) is 0 Å². The van der Waals surface area contributed by atoms with Crippen LogP contribution in [-0.2, 0) is 11.3 Å². The summed E-state index contributed by atoms with van der Waals surface area (Å²) in [5.41, 5.74) is 3.52. The second-order valence-electron chi connectivity index (χ2n) is 8.50. The van der Waals surface area contributed by atoms with Gasteiger partial charge >= 0.3 is 5.97 Å². The maximum atomic E-state index is 13.4. The Morgan fingerprint density at radius 1 is 1.08 bits per heavy atom. The summed E-state index contributed by atoms with van der Waals surface area (Å²) >= 11 is 15.9. The van der Waals surface area contributed by atoms with Crippen LogP contribution in [0.1, 0.15) is 22.5 Å². The molecule has 1 atom stereocenters. The first kappa shape index (κ1) is 28.9. The smallest absolute Gasteiger partial charge is 0.326 e. The number of carbonyl (C=O) groups is 2. The van der Waals surface area contributed by atoms with Crippen LogP contribution in [0.25, 0.3) is 11.1 Å². The van der Waals surface area contributed by atoms with Crippen molar-refractivity contribution in [2.24, 2.45) is 0 Å². The number of carboxylic acid groups (broad SMARTS) is 1. The molecule has 1 heterocycles. The van der Waals surface area contributed by atoms with Crippen LogP contribution in [0.5, 0.6) is 0 Å². The molecular formula is C28H26Cl2N4O3S2. The quantitative estimate of drug-likeness (QED) is 0.150. The highest BCUT2D eigenvalue weighted by Crippen LogP contribution is 2.40. The normalized spacial score (nSPS) is 11.7. The van der Waals surface area contributed by atoms with Gasteiger partial charge in [-0.2, -0.15) is 11.8 Å². The monoisotopic (exact) mass is 600 g/mol. The van der Waals surface area contributed by atoms with E-state index >= 15 is 0 Å². The van der Waals surface area contributed by atoms with Crippen molar-refractivity contribution in [1.82, 2.24) is 15.3 Å². The number of thioether (sulfide) groups is 1. The molecule has 0 bridgehead atoms. The molecular weight excluding hydrogens is 575 g/mol. The fraction of sp³-hybridized carbons (Fsp3) is 0.179. The highest BCUT2D eigenvalue weighted by Gasteiger charge is 2.24. The highest BCUT2D eigenvalue weighted by atomic mass is 35.5. The van der Waals surface area contributed by atoms with Gasteiger partial charge in [-0.25, -0.2) is 9.78 Å². The number of hydrogen-bond acceptors (Lipinski definition) is 6. The van der Waals surface area contributed by atoms with Crippen molar-refractivity contribution in [3.05, 3.63) is 101 Å². The Morgan fingerprint density at radius 2 is 1.82 bits per heavy atom. The first-order chi connectivity index (χ1) is 18.9. The highest BCUT2D eigenvalue weighted by molar-refractivity contribution is 8.00. The van der Waals surface area contributed by atoms with E-state index < -0.39 is 17.9 Å². The predicted octanol–water partition coefficient (Wildman–Crippen LogP) is 7.03. The summed E-state index contributed by atoms with van der Waals surface area (Å²) in [6.45, 7) is 0.446. The number of hydrogen-bond donors (Lipinski definition) is 3. The van der Waals surface area contributed by atoms with Gasteiger partial charge in [0.25, 0.3) is 5.91 Å². The summed E-state index contributed by atoms with van der Waals surface area (Å²) in [7, 11) is 0. The number of nitrogens with one attached hydrogen (secondary N) is 2. The van der Waals surface area contributed by atoms with E-state index in [0.29, 0.717) is 44.8 Å². The second-order valence-corrected chi connectivity index (χ2v) is 11.3. The minimum Gasteiger partial charge on any atom is -0.480 e. The van der Waals surface area contributed by atoms with Crippen LogP contribution < -0.4 is 9.62 Å². The summed E-state index contributed by atoms with van der Waals surface area (Å²) in [5.74, 6) is -0.892. The molecule has 39 heavy (non-hydrogen) atoms. The minimum atomic E-state index is -1.06. The third-order valence-electron chi connectivity index (χ3n) is 5.82. The molecule has 0 radical (unpaired) electrons. The molecule has 1 aromatic heterocycles. The Balaban J connectivity index is 1.75. The van der Waals surface area contributed by atoms with Crippen LogP contribution >= 0.6 is 46.9 Å². The maximum absolute atomic E-state index is 13.4. The minimum absolute atomic E-state index is 0.328. The maximum Gasteiger partial charge on any atom is 0.326 e. The summed E-state index contributed by atoms with van der Waals surface area (Å²) in [4.78, 5) is 33.1. The average molecular weight is 602 g/mol. The molecule has 3 aromatic carbocycles. The van der Waals surface area contributed by atoms with Gasteiger partial charge in [0.15, 0.2) is 0 Å². The van der Waals surface area contributed by atoms with E-state index in [4.69, 9.17) is 23.2 Å². The lowest BCUT2D eigenvalue weighted by Crippen LogP contribution is -2.41. The van der Waals surface area contributed by atoms with Crippen LogP contribution in [0.15, 0.2) is 84.1 Å². The molecule has 4 rings (SSSR count). The topological polar surface area (TPSA) is 98.3 Å². The van der Waals surface area contributed by atoms with Crippen molar-refractivity contribution in [3.63, 3.8) is 0 Å². The molecule has 0 spiro atoms. The molecule has 3 N–H and O–H groups in total. The van der Waals surface area contributed by atoms with Gasteiger partial charge in [0, 0.05) is 17.4 Å². The molecule has 1 amide bonds. The van der Waals surface area contributed by atoms with Gasteiger partial charge in [-0.3, -0.25) is 4.79 Å². The van der Waals surface area contributed by atoms with Gasteiger partial charge in [-0.05, 0) is 71.8 Å².